The lowest BCUT2D eigenvalue weighted by molar-refractivity contribution is 0.937. The summed E-state index contributed by atoms with van der Waals surface area (Å²) in [5, 5.41) is 3.99. The largest absolute Gasteiger partial charge is 0.235 e. The zero-order chi connectivity index (χ0) is 6.97. The summed E-state index contributed by atoms with van der Waals surface area (Å²) >= 11 is 3.31. The van der Waals surface area contributed by atoms with Crippen molar-refractivity contribution in [1.29, 1.82) is 0 Å². The van der Waals surface area contributed by atoms with E-state index in [-0.39, 0.29) is 0 Å². The van der Waals surface area contributed by atoms with Crippen molar-refractivity contribution in [3.05, 3.63) is 29.1 Å². The molecule has 0 amide bonds. The van der Waals surface area contributed by atoms with Gasteiger partial charge in [-0.3, -0.25) is 0 Å². The molecule has 2 heterocycles. The van der Waals surface area contributed by atoms with Gasteiger partial charge < -0.3 is 0 Å². The van der Waals surface area contributed by atoms with Crippen LogP contribution in [0, 0.1) is 6.07 Å². The van der Waals surface area contributed by atoms with Crippen LogP contribution in [0.15, 0.2) is 23.1 Å². The summed E-state index contributed by atoms with van der Waals surface area (Å²) in [6.45, 7) is 0. The predicted molar refractivity (Wildman–Crippen MR) is 39.5 cm³/mol. The Labute approximate surface area is 65.8 Å². The summed E-state index contributed by atoms with van der Waals surface area (Å²) in [6, 6.07) is 2.82. The summed E-state index contributed by atoms with van der Waals surface area (Å²) in [5.41, 5.74) is 0.818. The van der Waals surface area contributed by atoms with E-state index in [2.05, 4.69) is 32.1 Å². The molecule has 10 heavy (non-hydrogen) atoms. The molecule has 0 N–H and O–H groups in total. The lowest BCUT2D eigenvalue weighted by Crippen LogP contribution is -1.86. The first-order valence-electron chi connectivity index (χ1n) is 2.73. The lowest BCUT2D eigenvalue weighted by Gasteiger charge is -1.87. The molecule has 0 saturated carbocycles. The van der Waals surface area contributed by atoms with E-state index in [0.29, 0.717) is 0 Å². The minimum absolute atomic E-state index is 0.818. The van der Waals surface area contributed by atoms with Crippen molar-refractivity contribution in [2.45, 2.75) is 0 Å². The van der Waals surface area contributed by atoms with Crippen LogP contribution >= 0.6 is 15.9 Å². The number of fused-ring (bicyclic) bond motifs is 1. The molecule has 0 aliphatic heterocycles. The van der Waals surface area contributed by atoms with Crippen molar-refractivity contribution in [1.82, 2.24) is 14.6 Å². The average Bonchev–Trinajstić information content (AvgIpc) is 2.34. The molecule has 0 atom stereocenters. The lowest BCUT2D eigenvalue weighted by atomic mass is 10.6. The molecule has 3 nitrogen and oxygen atoms in total. The van der Waals surface area contributed by atoms with Gasteiger partial charge in [0.1, 0.15) is 0 Å². The Bertz CT molecular complexity index is 355. The fraction of sp³-hybridized carbons (Fsp3) is 0. The molecule has 0 fully saturated rings. The van der Waals surface area contributed by atoms with Gasteiger partial charge in [-0.2, -0.15) is 5.10 Å². The van der Waals surface area contributed by atoms with Gasteiger partial charge in [0.2, 0.25) is 0 Å². The second-order valence-corrected chi connectivity index (χ2v) is 2.67. The summed E-state index contributed by atoms with van der Waals surface area (Å²) in [5.74, 6) is 0. The van der Waals surface area contributed by atoms with Gasteiger partial charge in [0.15, 0.2) is 5.65 Å². The maximum absolute atomic E-state index is 4.04. The fourth-order valence-corrected chi connectivity index (χ4v) is 1.13. The molecule has 0 unspecified atom stereocenters. The van der Waals surface area contributed by atoms with Crippen molar-refractivity contribution in [2.24, 2.45) is 0 Å². The first kappa shape index (κ1) is 5.85. The highest BCUT2D eigenvalue weighted by Crippen LogP contribution is 2.12. The van der Waals surface area contributed by atoms with Gasteiger partial charge in [-0.1, -0.05) is 0 Å². The van der Waals surface area contributed by atoms with E-state index in [0.717, 1.165) is 10.1 Å². The molecular weight excluding hydrogens is 194 g/mol. The third kappa shape index (κ3) is 0.724. The summed E-state index contributed by atoms with van der Waals surface area (Å²) in [7, 11) is 0. The highest BCUT2D eigenvalue weighted by molar-refractivity contribution is 9.10. The maximum atomic E-state index is 4.04. The van der Waals surface area contributed by atoms with Gasteiger partial charge in [-0.15, -0.1) is 0 Å². The summed E-state index contributed by atoms with van der Waals surface area (Å²) in [4.78, 5) is 4.04. The first-order chi connectivity index (χ1) is 4.88. The molecule has 2 aromatic rings. The van der Waals surface area contributed by atoms with Crippen LogP contribution in [0.5, 0.6) is 0 Å². The fourth-order valence-electron chi connectivity index (χ4n) is 0.752. The SMILES string of the molecule is Brc1cnn2c[c]cnc12. The molecule has 0 bridgehead atoms. The standard InChI is InChI=1S/C6H3BrN3/c7-5-4-9-10-3-1-2-8-6(5)10/h2-4H. The van der Waals surface area contributed by atoms with Crippen LogP contribution in [-0.2, 0) is 0 Å². The Morgan fingerprint density at radius 1 is 1.60 bits per heavy atom. The van der Waals surface area contributed by atoms with Gasteiger partial charge in [0.25, 0.3) is 0 Å². The number of nitrogens with zero attached hydrogens (tertiary/aromatic N) is 3. The molecule has 0 aliphatic carbocycles. The van der Waals surface area contributed by atoms with Gasteiger partial charge in [-0.25, -0.2) is 9.50 Å². The van der Waals surface area contributed by atoms with Crippen molar-refractivity contribution in [2.75, 3.05) is 0 Å². The molecule has 1 radical (unpaired) electrons. The molecule has 0 aromatic carbocycles. The molecule has 4 heteroatoms. The second-order valence-electron chi connectivity index (χ2n) is 1.81. The number of halogens is 1. The normalized spacial score (nSPS) is 10.5. The second kappa shape index (κ2) is 2.05. The Balaban J connectivity index is 2.93. The van der Waals surface area contributed by atoms with Crippen LogP contribution in [-0.4, -0.2) is 14.6 Å². The van der Waals surface area contributed by atoms with Crippen LogP contribution < -0.4 is 0 Å². The molecule has 2 rings (SSSR count). The topological polar surface area (TPSA) is 30.2 Å². The molecule has 0 saturated heterocycles. The third-order valence-electron chi connectivity index (χ3n) is 1.18. The van der Waals surface area contributed by atoms with E-state index in [1.165, 1.54) is 0 Å². The number of hydrogen-bond donors (Lipinski definition) is 0. The highest BCUT2D eigenvalue weighted by Gasteiger charge is 1.97. The van der Waals surface area contributed by atoms with E-state index in [4.69, 9.17) is 0 Å². The smallest absolute Gasteiger partial charge is 0.169 e. The summed E-state index contributed by atoms with van der Waals surface area (Å²) in [6.07, 6.45) is 5.05. The molecule has 49 valence electrons. The maximum Gasteiger partial charge on any atom is 0.169 e. The van der Waals surface area contributed by atoms with Crippen LogP contribution in [0.1, 0.15) is 0 Å². The zero-order valence-electron chi connectivity index (χ0n) is 4.95. The average molecular weight is 197 g/mol. The van der Waals surface area contributed by atoms with Crippen LogP contribution in [0.25, 0.3) is 5.65 Å². The Morgan fingerprint density at radius 2 is 2.50 bits per heavy atom. The molecule has 0 spiro atoms. The molecular formula is C6H3BrN3. The zero-order valence-corrected chi connectivity index (χ0v) is 6.54. The Morgan fingerprint density at radius 3 is 3.30 bits per heavy atom. The number of rotatable bonds is 0. The van der Waals surface area contributed by atoms with Crippen molar-refractivity contribution >= 4 is 21.6 Å². The van der Waals surface area contributed by atoms with E-state index in [1.54, 1.807) is 23.1 Å². The van der Waals surface area contributed by atoms with E-state index >= 15 is 0 Å². The van der Waals surface area contributed by atoms with Gasteiger partial charge in [0, 0.05) is 18.5 Å². The minimum Gasteiger partial charge on any atom is -0.235 e. The first-order valence-corrected chi connectivity index (χ1v) is 3.52. The van der Waals surface area contributed by atoms with Crippen LogP contribution in [0.3, 0.4) is 0 Å². The van der Waals surface area contributed by atoms with Crippen molar-refractivity contribution in [3.8, 4) is 0 Å². The van der Waals surface area contributed by atoms with Gasteiger partial charge >= 0.3 is 0 Å². The van der Waals surface area contributed by atoms with Crippen LogP contribution in [0.2, 0.25) is 0 Å². The van der Waals surface area contributed by atoms with E-state index in [1.807, 2.05) is 0 Å². The Hall–Kier alpha value is -0.900. The van der Waals surface area contributed by atoms with Crippen LogP contribution in [0.4, 0.5) is 0 Å². The van der Waals surface area contributed by atoms with Gasteiger partial charge in [-0.05, 0) is 15.9 Å². The van der Waals surface area contributed by atoms with Crippen molar-refractivity contribution in [3.63, 3.8) is 0 Å². The summed E-state index contributed by atoms with van der Waals surface area (Å²) < 4.78 is 2.56. The monoisotopic (exact) mass is 196 g/mol. The molecule has 2 aromatic heterocycles. The van der Waals surface area contributed by atoms with Gasteiger partial charge in [0.05, 0.1) is 10.7 Å². The van der Waals surface area contributed by atoms with Crippen molar-refractivity contribution < 1.29 is 0 Å². The number of aromatic nitrogens is 3. The Kier molecular flexibility index (Phi) is 1.20. The quantitative estimate of drug-likeness (QED) is 0.636. The number of hydrogen-bond acceptors (Lipinski definition) is 2. The van der Waals surface area contributed by atoms with E-state index < -0.39 is 0 Å². The molecule has 0 aliphatic rings. The predicted octanol–water partition coefficient (Wildman–Crippen LogP) is 1.29. The van der Waals surface area contributed by atoms with E-state index in [9.17, 15) is 0 Å². The highest BCUT2D eigenvalue weighted by atomic mass is 79.9. The minimum atomic E-state index is 0.818. The third-order valence-corrected chi connectivity index (χ3v) is 1.74.